The van der Waals surface area contributed by atoms with E-state index in [-0.39, 0.29) is 23.9 Å². The van der Waals surface area contributed by atoms with E-state index in [2.05, 4.69) is 5.32 Å². The van der Waals surface area contributed by atoms with Gasteiger partial charge < -0.3 is 20.1 Å². The van der Waals surface area contributed by atoms with Gasteiger partial charge in [0.1, 0.15) is 12.4 Å². The van der Waals surface area contributed by atoms with Crippen LogP contribution in [0.4, 0.5) is 14.9 Å². The number of nitrogens with zero attached hydrogens (tertiary/aromatic N) is 1. The normalized spacial score (nSPS) is 10.2. The van der Waals surface area contributed by atoms with Crippen LogP contribution in [0.5, 0.6) is 0 Å². The molecular formula is C12H14ClFN2O4. The van der Waals surface area contributed by atoms with Crippen molar-refractivity contribution in [3.8, 4) is 0 Å². The molecule has 2 amide bonds. The molecule has 0 atom stereocenters. The average Bonchev–Trinajstić information content (AvgIpc) is 2.38. The number of urea groups is 1. The number of carbonyl (C=O) groups is 2. The Bertz CT molecular complexity index is 498. The van der Waals surface area contributed by atoms with Gasteiger partial charge in [-0.25, -0.2) is 9.18 Å². The van der Waals surface area contributed by atoms with E-state index in [1.807, 2.05) is 0 Å². The molecule has 0 fully saturated rings. The number of carbonyl (C=O) groups excluding carboxylic acids is 1. The molecule has 0 aromatic heterocycles. The van der Waals surface area contributed by atoms with Gasteiger partial charge in [0.25, 0.3) is 0 Å². The van der Waals surface area contributed by atoms with E-state index < -0.39 is 24.4 Å². The molecule has 1 aromatic carbocycles. The number of hydrogen-bond acceptors (Lipinski definition) is 3. The van der Waals surface area contributed by atoms with E-state index in [1.54, 1.807) is 0 Å². The Morgan fingerprint density at radius 2 is 2.20 bits per heavy atom. The molecule has 2 N–H and O–H groups in total. The molecule has 110 valence electrons. The summed E-state index contributed by atoms with van der Waals surface area (Å²) in [5.74, 6) is -1.83. The minimum absolute atomic E-state index is 0.0650. The van der Waals surface area contributed by atoms with E-state index in [1.165, 1.54) is 19.2 Å². The molecule has 0 heterocycles. The second-order valence-electron chi connectivity index (χ2n) is 3.87. The molecule has 6 nitrogen and oxygen atoms in total. The summed E-state index contributed by atoms with van der Waals surface area (Å²) in [5.41, 5.74) is 0.185. The average molecular weight is 305 g/mol. The lowest BCUT2D eigenvalue weighted by molar-refractivity contribution is -0.137. The fourth-order valence-corrected chi connectivity index (χ4v) is 1.51. The standard InChI is InChI=1S/C12H14ClFN2O4/c1-20-5-4-16(7-11(17)18)12(19)15-8-2-3-9(13)10(14)6-8/h2-3,6H,4-5,7H2,1H3,(H,15,19)(H,17,18). The van der Waals surface area contributed by atoms with Crippen LogP contribution < -0.4 is 5.32 Å². The third-order valence-corrected chi connectivity index (χ3v) is 2.66. The predicted octanol–water partition coefficient (Wildman–Crippen LogP) is 2.04. The molecule has 0 radical (unpaired) electrons. The number of amides is 2. The summed E-state index contributed by atoms with van der Waals surface area (Å²) in [5, 5.41) is 11.1. The number of ether oxygens (including phenoxy) is 1. The largest absolute Gasteiger partial charge is 0.480 e. The fraction of sp³-hybridized carbons (Fsp3) is 0.333. The lowest BCUT2D eigenvalue weighted by Gasteiger charge is -2.20. The molecule has 0 aliphatic heterocycles. The number of methoxy groups -OCH3 is 1. The Morgan fingerprint density at radius 3 is 2.75 bits per heavy atom. The summed E-state index contributed by atoms with van der Waals surface area (Å²) in [7, 11) is 1.44. The van der Waals surface area contributed by atoms with Crippen molar-refractivity contribution in [2.24, 2.45) is 0 Å². The first-order chi connectivity index (χ1) is 9.43. The van der Waals surface area contributed by atoms with Crippen LogP contribution in [-0.4, -0.2) is 48.8 Å². The fourth-order valence-electron chi connectivity index (χ4n) is 1.39. The minimum Gasteiger partial charge on any atom is -0.480 e. The first-order valence-corrected chi connectivity index (χ1v) is 6.03. The van der Waals surface area contributed by atoms with E-state index >= 15 is 0 Å². The Kier molecular flexibility index (Phi) is 6.20. The number of benzene rings is 1. The van der Waals surface area contributed by atoms with Crippen molar-refractivity contribution < 1.29 is 23.8 Å². The molecule has 0 saturated heterocycles. The maximum atomic E-state index is 13.2. The SMILES string of the molecule is COCCN(CC(=O)O)C(=O)Nc1ccc(Cl)c(F)c1. The maximum absolute atomic E-state index is 13.2. The van der Waals surface area contributed by atoms with Crippen LogP contribution in [0.25, 0.3) is 0 Å². The Morgan fingerprint density at radius 1 is 1.50 bits per heavy atom. The van der Waals surface area contributed by atoms with Crippen molar-refractivity contribution in [1.82, 2.24) is 4.90 Å². The van der Waals surface area contributed by atoms with Gasteiger partial charge in [-0.2, -0.15) is 0 Å². The van der Waals surface area contributed by atoms with Crippen LogP contribution in [0.3, 0.4) is 0 Å². The maximum Gasteiger partial charge on any atom is 0.323 e. The Labute approximate surface area is 120 Å². The molecule has 0 bridgehead atoms. The number of rotatable bonds is 6. The van der Waals surface area contributed by atoms with Crippen LogP contribution >= 0.6 is 11.6 Å². The van der Waals surface area contributed by atoms with E-state index in [0.717, 1.165) is 11.0 Å². The summed E-state index contributed by atoms with van der Waals surface area (Å²) in [4.78, 5) is 23.6. The summed E-state index contributed by atoms with van der Waals surface area (Å²) >= 11 is 5.52. The zero-order valence-electron chi connectivity index (χ0n) is 10.7. The lowest BCUT2D eigenvalue weighted by Crippen LogP contribution is -2.40. The molecular weight excluding hydrogens is 291 g/mol. The first-order valence-electron chi connectivity index (χ1n) is 5.65. The third-order valence-electron chi connectivity index (χ3n) is 2.35. The third kappa shape index (κ3) is 5.02. The highest BCUT2D eigenvalue weighted by Crippen LogP contribution is 2.18. The van der Waals surface area contributed by atoms with Gasteiger partial charge in [0, 0.05) is 19.3 Å². The zero-order valence-corrected chi connectivity index (χ0v) is 11.5. The molecule has 0 unspecified atom stereocenters. The Hall–Kier alpha value is -1.86. The molecule has 1 rings (SSSR count). The molecule has 0 aliphatic rings. The predicted molar refractivity (Wildman–Crippen MR) is 71.5 cm³/mol. The molecule has 0 spiro atoms. The van der Waals surface area contributed by atoms with Crippen LogP contribution in [-0.2, 0) is 9.53 Å². The van der Waals surface area contributed by atoms with Crippen LogP contribution in [0.2, 0.25) is 5.02 Å². The lowest BCUT2D eigenvalue weighted by atomic mass is 10.3. The number of nitrogens with one attached hydrogen (secondary N) is 1. The van der Waals surface area contributed by atoms with Crippen molar-refractivity contribution in [2.45, 2.75) is 0 Å². The number of aliphatic carboxylic acids is 1. The number of hydrogen-bond donors (Lipinski definition) is 2. The van der Waals surface area contributed by atoms with Crippen molar-refractivity contribution >= 4 is 29.3 Å². The summed E-state index contributed by atoms with van der Waals surface area (Å²) in [6, 6.07) is 3.10. The highest BCUT2D eigenvalue weighted by Gasteiger charge is 2.17. The summed E-state index contributed by atoms with van der Waals surface area (Å²) in [6.45, 7) is -0.189. The van der Waals surface area contributed by atoms with Gasteiger partial charge in [-0.1, -0.05) is 11.6 Å². The number of carboxylic acid groups (broad SMARTS) is 1. The molecule has 0 saturated carbocycles. The van der Waals surface area contributed by atoms with Crippen LogP contribution in [0.15, 0.2) is 18.2 Å². The highest BCUT2D eigenvalue weighted by atomic mass is 35.5. The smallest absolute Gasteiger partial charge is 0.323 e. The second kappa shape index (κ2) is 7.66. The van der Waals surface area contributed by atoms with Gasteiger partial charge in [-0.3, -0.25) is 4.79 Å². The van der Waals surface area contributed by atoms with Crippen LogP contribution in [0, 0.1) is 5.82 Å². The molecule has 8 heteroatoms. The van der Waals surface area contributed by atoms with Gasteiger partial charge in [-0.15, -0.1) is 0 Å². The monoisotopic (exact) mass is 304 g/mol. The summed E-state index contributed by atoms with van der Waals surface area (Å²) < 4.78 is 18.0. The highest BCUT2D eigenvalue weighted by molar-refractivity contribution is 6.30. The molecule has 20 heavy (non-hydrogen) atoms. The van der Waals surface area contributed by atoms with Gasteiger partial charge in [0.05, 0.1) is 11.6 Å². The minimum atomic E-state index is -1.15. The van der Waals surface area contributed by atoms with Gasteiger partial charge in [0.2, 0.25) is 0 Å². The number of halogens is 2. The molecule has 0 aliphatic carbocycles. The topological polar surface area (TPSA) is 78.9 Å². The van der Waals surface area contributed by atoms with E-state index in [4.69, 9.17) is 21.4 Å². The Balaban J connectivity index is 2.73. The molecule has 1 aromatic rings. The first kappa shape index (κ1) is 16.2. The second-order valence-corrected chi connectivity index (χ2v) is 4.27. The van der Waals surface area contributed by atoms with Crippen LogP contribution in [0.1, 0.15) is 0 Å². The quantitative estimate of drug-likeness (QED) is 0.843. The van der Waals surface area contributed by atoms with Crippen molar-refractivity contribution in [3.63, 3.8) is 0 Å². The van der Waals surface area contributed by atoms with E-state index in [9.17, 15) is 14.0 Å². The number of anilines is 1. The van der Waals surface area contributed by atoms with Gasteiger partial charge in [-0.05, 0) is 18.2 Å². The van der Waals surface area contributed by atoms with Gasteiger partial charge in [0.15, 0.2) is 0 Å². The van der Waals surface area contributed by atoms with Crippen molar-refractivity contribution in [2.75, 3.05) is 32.1 Å². The number of carboxylic acids is 1. The van der Waals surface area contributed by atoms with Crippen molar-refractivity contribution in [3.05, 3.63) is 29.0 Å². The summed E-state index contributed by atoms with van der Waals surface area (Å²) in [6.07, 6.45) is 0. The van der Waals surface area contributed by atoms with Crippen molar-refractivity contribution in [1.29, 1.82) is 0 Å². The van der Waals surface area contributed by atoms with E-state index in [0.29, 0.717) is 0 Å². The zero-order chi connectivity index (χ0) is 15.1. The van der Waals surface area contributed by atoms with Gasteiger partial charge >= 0.3 is 12.0 Å².